The van der Waals surface area contributed by atoms with Gasteiger partial charge >= 0.3 is 0 Å². The third kappa shape index (κ3) is 3.03. The van der Waals surface area contributed by atoms with Gasteiger partial charge in [-0.25, -0.2) is 0 Å². The Morgan fingerprint density at radius 1 is 1.33 bits per heavy atom. The SMILES string of the molecule is CCCNC(c1ccco1)c1cc(Br)ccc1C. The van der Waals surface area contributed by atoms with Crippen LogP contribution >= 0.6 is 15.9 Å². The molecule has 1 atom stereocenters. The first kappa shape index (κ1) is 13.4. The summed E-state index contributed by atoms with van der Waals surface area (Å²) in [5.74, 6) is 0.963. The minimum atomic E-state index is 0.123. The molecular formula is C15H18BrNO. The number of rotatable bonds is 5. The van der Waals surface area contributed by atoms with Crippen LogP contribution in [-0.4, -0.2) is 6.54 Å². The molecule has 1 aromatic carbocycles. The Balaban J connectivity index is 2.36. The van der Waals surface area contributed by atoms with Gasteiger partial charge in [-0.1, -0.05) is 28.9 Å². The molecular weight excluding hydrogens is 290 g/mol. The maximum atomic E-state index is 5.56. The molecule has 0 aliphatic heterocycles. The van der Waals surface area contributed by atoms with Gasteiger partial charge in [0.05, 0.1) is 12.3 Å². The van der Waals surface area contributed by atoms with Crippen LogP contribution in [0.15, 0.2) is 45.5 Å². The Morgan fingerprint density at radius 2 is 2.17 bits per heavy atom. The van der Waals surface area contributed by atoms with Gasteiger partial charge < -0.3 is 9.73 Å². The number of nitrogens with one attached hydrogen (secondary N) is 1. The molecule has 3 heteroatoms. The van der Waals surface area contributed by atoms with E-state index in [1.807, 2.05) is 12.1 Å². The van der Waals surface area contributed by atoms with Crippen molar-refractivity contribution >= 4 is 15.9 Å². The first-order valence-corrected chi connectivity index (χ1v) is 7.04. The standard InChI is InChI=1S/C15H18BrNO/c1-3-8-17-15(14-5-4-9-18-14)13-10-12(16)7-6-11(13)2/h4-7,9-10,15,17H,3,8H2,1-2H3. The summed E-state index contributed by atoms with van der Waals surface area (Å²) >= 11 is 3.54. The lowest BCUT2D eigenvalue weighted by atomic mass is 9.99. The molecule has 1 aromatic heterocycles. The first-order valence-electron chi connectivity index (χ1n) is 6.25. The molecule has 1 N–H and O–H groups in total. The van der Waals surface area contributed by atoms with E-state index in [2.05, 4.69) is 53.3 Å². The minimum absolute atomic E-state index is 0.123. The highest BCUT2D eigenvalue weighted by molar-refractivity contribution is 9.10. The number of benzene rings is 1. The third-order valence-electron chi connectivity index (χ3n) is 2.98. The largest absolute Gasteiger partial charge is 0.467 e. The Hall–Kier alpha value is -1.06. The van der Waals surface area contributed by atoms with Crippen LogP contribution in [0.2, 0.25) is 0 Å². The monoisotopic (exact) mass is 307 g/mol. The number of aryl methyl sites for hydroxylation is 1. The zero-order chi connectivity index (χ0) is 13.0. The molecule has 1 heterocycles. The molecule has 0 bridgehead atoms. The molecule has 2 nitrogen and oxygen atoms in total. The van der Waals surface area contributed by atoms with Crippen molar-refractivity contribution in [2.75, 3.05) is 6.54 Å². The summed E-state index contributed by atoms with van der Waals surface area (Å²) in [6.45, 7) is 5.27. The van der Waals surface area contributed by atoms with E-state index in [0.29, 0.717) is 0 Å². The van der Waals surface area contributed by atoms with Crippen molar-refractivity contribution in [3.8, 4) is 0 Å². The van der Waals surface area contributed by atoms with E-state index in [-0.39, 0.29) is 6.04 Å². The van der Waals surface area contributed by atoms with Crippen LogP contribution in [0.1, 0.15) is 36.3 Å². The second kappa shape index (κ2) is 6.21. The molecule has 0 radical (unpaired) electrons. The van der Waals surface area contributed by atoms with Gasteiger partial charge in [0.1, 0.15) is 5.76 Å². The fraction of sp³-hybridized carbons (Fsp3) is 0.333. The smallest absolute Gasteiger partial charge is 0.125 e. The van der Waals surface area contributed by atoms with Crippen molar-refractivity contribution in [2.45, 2.75) is 26.3 Å². The van der Waals surface area contributed by atoms with Crippen LogP contribution in [-0.2, 0) is 0 Å². The summed E-state index contributed by atoms with van der Waals surface area (Å²) in [7, 11) is 0. The van der Waals surface area contributed by atoms with E-state index in [9.17, 15) is 0 Å². The maximum absolute atomic E-state index is 5.56. The molecule has 96 valence electrons. The lowest BCUT2D eigenvalue weighted by Crippen LogP contribution is -2.23. The summed E-state index contributed by atoms with van der Waals surface area (Å²) in [5.41, 5.74) is 2.52. The molecule has 0 saturated heterocycles. The molecule has 0 saturated carbocycles. The van der Waals surface area contributed by atoms with E-state index >= 15 is 0 Å². The van der Waals surface area contributed by atoms with Gasteiger partial charge in [-0.05, 0) is 55.3 Å². The number of hydrogen-bond donors (Lipinski definition) is 1. The van der Waals surface area contributed by atoms with E-state index in [1.54, 1.807) is 6.26 Å². The summed E-state index contributed by atoms with van der Waals surface area (Å²) < 4.78 is 6.66. The van der Waals surface area contributed by atoms with Crippen molar-refractivity contribution in [1.29, 1.82) is 0 Å². The molecule has 0 fully saturated rings. The van der Waals surface area contributed by atoms with Crippen LogP contribution < -0.4 is 5.32 Å². The molecule has 0 aliphatic rings. The van der Waals surface area contributed by atoms with Gasteiger partial charge in [-0.3, -0.25) is 0 Å². The van der Waals surface area contributed by atoms with Crippen molar-refractivity contribution in [3.63, 3.8) is 0 Å². The topological polar surface area (TPSA) is 25.2 Å². The summed E-state index contributed by atoms with van der Waals surface area (Å²) in [4.78, 5) is 0. The van der Waals surface area contributed by atoms with Crippen LogP contribution in [0.5, 0.6) is 0 Å². The Kier molecular flexibility index (Phi) is 4.61. The molecule has 2 rings (SSSR count). The normalized spacial score (nSPS) is 12.6. The highest BCUT2D eigenvalue weighted by atomic mass is 79.9. The van der Waals surface area contributed by atoms with Gasteiger partial charge in [0, 0.05) is 4.47 Å². The molecule has 18 heavy (non-hydrogen) atoms. The summed E-state index contributed by atoms with van der Waals surface area (Å²) in [6.07, 6.45) is 2.83. The lowest BCUT2D eigenvalue weighted by molar-refractivity contribution is 0.445. The van der Waals surface area contributed by atoms with Crippen LogP contribution in [0, 0.1) is 6.92 Å². The van der Waals surface area contributed by atoms with Gasteiger partial charge in [-0.15, -0.1) is 0 Å². The predicted octanol–water partition coefficient (Wildman–Crippen LogP) is 4.44. The van der Waals surface area contributed by atoms with Gasteiger partial charge in [0.2, 0.25) is 0 Å². The van der Waals surface area contributed by atoms with Crippen molar-refractivity contribution in [3.05, 3.63) is 58.0 Å². The second-order valence-corrected chi connectivity index (χ2v) is 5.32. The molecule has 1 unspecified atom stereocenters. The first-order chi connectivity index (χ1) is 8.72. The zero-order valence-electron chi connectivity index (χ0n) is 10.7. The lowest BCUT2D eigenvalue weighted by Gasteiger charge is -2.19. The summed E-state index contributed by atoms with van der Waals surface area (Å²) in [6, 6.07) is 10.4. The average Bonchev–Trinajstić information content (AvgIpc) is 2.88. The Bertz CT molecular complexity index is 493. The number of furan rings is 1. The van der Waals surface area contributed by atoms with E-state index < -0.39 is 0 Å². The van der Waals surface area contributed by atoms with Crippen molar-refractivity contribution in [1.82, 2.24) is 5.32 Å². The molecule has 0 aliphatic carbocycles. The molecule has 0 amide bonds. The average molecular weight is 308 g/mol. The number of halogens is 1. The number of hydrogen-bond acceptors (Lipinski definition) is 2. The van der Waals surface area contributed by atoms with E-state index in [4.69, 9.17) is 4.42 Å². The van der Waals surface area contributed by atoms with Crippen molar-refractivity contribution in [2.24, 2.45) is 0 Å². The third-order valence-corrected chi connectivity index (χ3v) is 3.47. The van der Waals surface area contributed by atoms with Crippen LogP contribution in [0.25, 0.3) is 0 Å². The van der Waals surface area contributed by atoms with Gasteiger partial charge in [0.15, 0.2) is 0 Å². The fourth-order valence-corrected chi connectivity index (χ4v) is 2.41. The Labute approximate surface area is 117 Å². The van der Waals surface area contributed by atoms with E-state index in [1.165, 1.54) is 11.1 Å². The Morgan fingerprint density at radius 3 is 2.83 bits per heavy atom. The molecule has 2 aromatic rings. The fourth-order valence-electron chi connectivity index (χ4n) is 2.03. The quantitative estimate of drug-likeness (QED) is 0.883. The highest BCUT2D eigenvalue weighted by Gasteiger charge is 2.18. The maximum Gasteiger partial charge on any atom is 0.125 e. The predicted molar refractivity (Wildman–Crippen MR) is 77.7 cm³/mol. The molecule has 0 spiro atoms. The van der Waals surface area contributed by atoms with Gasteiger partial charge in [0.25, 0.3) is 0 Å². The van der Waals surface area contributed by atoms with Crippen LogP contribution in [0.4, 0.5) is 0 Å². The van der Waals surface area contributed by atoms with E-state index in [0.717, 1.165) is 23.2 Å². The van der Waals surface area contributed by atoms with Crippen LogP contribution in [0.3, 0.4) is 0 Å². The second-order valence-electron chi connectivity index (χ2n) is 4.40. The highest BCUT2D eigenvalue weighted by Crippen LogP contribution is 2.27. The zero-order valence-corrected chi connectivity index (χ0v) is 12.3. The van der Waals surface area contributed by atoms with Gasteiger partial charge in [-0.2, -0.15) is 0 Å². The van der Waals surface area contributed by atoms with Crippen molar-refractivity contribution < 1.29 is 4.42 Å². The summed E-state index contributed by atoms with van der Waals surface area (Å²) in [5, 5.41) is 3.54. The minimum Gasteiger partial charge on any atom is -0.467 e.